The van der Waals surface area contributed by atoms with Crippen molar-refractivity contribution in [1.29, 1.82) is 0 Å². The number of nitrogens with zero attached hydrogens (tertiary/aromatic N) is 1. The summed E-state index contributed by atoms with van der Waals surface area (Å²) < 4.78 is 0. The maximum absolute atomic E-state index is 13.0. The van der Waals surface area contributed by atoms with E-state index in [-0.39, 0.29) is 17.7 Å². The van der Waals surface area contributed by atoms with E-state index in [1.807, 2.05) is 24.3 Å². The van der Waals surface area contributed by atoms with E-state index in [0.717, 1.165) is 31.7 Å². The smallest absolute Gasteiger partial charge is 0.230 e. The van der Waals surface area contributed by atoms with E-state index in [0.29, 0.717) is 16.9 Å². The topological polar surface area (TPSA) is 32.3 Å². The molecule has 2 fully saturated rings. The summed E-state index contributed by atoms with van der Waals surface area (Å²) in [5.74, 6) is 1.73. The Morgan fingerprint density at radius 2 is 1.95 bits per heavy atom. The summed E-state index contributed by atoms with van der Waals surface area (Å²) in [6.07, 6.45) is 0. The third-order valence-corrected chi connectivity index (χ3v) is 5.08. The lowest BCUT2D eigenvalue weighted by molar-refractivity contribution is -0.133. The highest BCUT2D eigenvalue weighted by Gasteiger charge is 2.40. The highest BCUT2D eigenvalue weighted by Crippen LogP contribution is 2.33. The Bertz CT molecular complexity index is 519. The van der Waals surface area contributed by atoms with Gasteiger partial charge in [-0.05, 0) is 35.4 Å². The van der Waals surface area contributed by atoms with Crippen LogP contribution < -0.4 is 5.32 Å². The number of nitrogens with one attached hydrogen (secondary N) is 1. The first kappa shape index (κ1) is 14.9. The van der Waals surface area contributed by atoms with Crippen molar-refractivity contribution in [3.63, 3.8) is 0 Å². The molecule has 0 bridgehead atoms. The molecular weight excluding hydrogens is 284 g/mol. The van der Waals surface area contributed by atoms with E-state index in [2.05, 4.69) is 24.1 Å². The molecule has 1 N–H and O–H groups in total. The first-order valence-corrected chi connectivity index (χ1v) is 8.19. The zero-order valence-corrected chi connectivity index (χ0v) is 13.4. The molecule has 2 aliphatic rings. The number of likely N-dealkylation sites (tertiary alicyclic amines) is 1. The van der Waals surface area contributed by atoms with Crippen molar-refractivity contribution in [1.82, 2.24) is 10.2 Å². The predicted octanol–water partition coefficient (Wildman–Crippen LogP) is 2.76. The van der Waals surface area contributed by atoms with Crippen molar-refractivity contribution in [2.45, 2.75) is 19.8 Å². The number of fused-ring (bicyclic) bond motifs is 1. The Labute approximate surface area is 131 Å². The monoisotopic (exact) mass is 306 g/mol. The Morgan fingerprint density at radius 3 is 2.52 bits per heavy atom. The van der Waals surface area contributed by atoms with Gasteiger partial charge in [0.25, 0.3) is 0 Å². The second-order valence-corrected chi connectivity index (χ2v) is 7.13. The van der Waals surface area contributed by atoms with Crippen LogP contribution >= 0.6 is 11.6 Å². The molecule has 2 saturated heterocycles. The van der Waals surface area contributed by atoms with Gasteiger partial charge in [-0.2, -0.15) is 0 Å². The highest BCUT2D eigenvalue weighted by atomic mass is 35.5. The van der Waals surface area contributed by atoms with Crippen molar-refractivity contribution in [3.05, 3.63) is 34.9 Å². The number of halogens is 1. The Morgan fingerprint density at radius 1 is 1.29 bits per heavy atom. The minimum atomic E-state index is -0.0875. The molecule has 0 radical (unpaired) electrons. The third-order valence-electron chi connectivity index (χ3n) is 4.84. The summed E-state index contributed by atoms with van der Waals surface area (Å²) in [5, 5.41) is 4.12. The van der Waals surface area contributed by atoms with Gasteiger partial charge in [0.15, 0.2) is 0 Å². The standard InChI is InChI=1S/C17H23ClN2O/c1-11(2)16(12-4-3-5-15(18)6-12)17(21)20-9-13-7-19-8-14(13)10-20/h3-6,11,13-14,16,19H,7-10H2,1-2H3/t13-,14+,16?. The first-order valence-electron chi connectivity index (χ1n) is 7.81. The van der Waals surface area contributed by atoms with Crippen molar-refractivity contribution < 1.29 is 4.79 Å². The van der Waals surface area contributed by atoms with Crippen LogP contribution in [0.25, 0.3) is 0 Å². The average molecular weight is 307 g/mol. The van der Waals surface area contributed by atoms with Crippen LogP contribution in [0.5, 0.6) is 0 Å². The lowest BCUT2D eigenvalue weighted by Crippen LogP contribution is -2.37. The molecule has 3 nitrogen and oxygen atoms in total. The van der Waals surface area contributed by atoms with Gasteiger partial charge in [0, 0.05) is 31.2 Å². The molecule has 2 aliphatic heterocycles. The molecule has 2 heterocycles. The van der Waals surface area contributed by atoms with Gasteiger partial charge in [0.05, 0.1) is 5.92 Å². The number of rotatable bonds is 3. The molecule has 1 aromatic carbocycles. The van der Waals surface area contributed by atoms with E-state index in [1.54, 1.807) is 0 Å². The number of benzene rings is 1. The molecule has 1 unspecified atom stereocenters. The first-order chi connectivity index (χ1) is 10.1. The second kappa shape index (κ2) is 5.98. The number of carbonyl (C=O) groups is 1. The third kappa shape index (κ3) is 2.95. The van der Waals surface area contributed by atoms with Crippen LogP contribution in [0.15, 0.2) is 24.3 Å². The molecule has 21 heavy (non-hydrogen) atoms. The Kier molecular flexibility index (Phi) is 4.23. The lowest BCUT2D eigenvalue weighted by atomic mass is 9.87. The molecule has 0 saturated carbocycles. The minimum absolute atomic E-state index is 0.0875. The van der Waals surface area contributed by atoms with Crippen LogP contribution in [0.2, 0.25) is 5.02 Å². The van der Waals surface area contributed by atoms with Crippen LogP contribution in [0.3, 0.4) is 0 Å². The largest absolute Gasteiger partial charge is 0.341 e. The molecule has 0 spiro atoms. The van der Waals surface area contributed by atoms with E-state index in [9.17, 15) is 4.79 Å². The van der Waals surface area contributed by atoms with Crippen LogP contribution in [-0.2, 0) is 4.79 Å². The SMILES string of the molecule is CC(C)C(C(=O)N1C[C@H]2CNC[C@H]2C1)c1cccc(Cl)c1. The fraction of sp³-hybridized carbons (Fsp3) is 0.588. The molecule has 0 aliphatic carbocycles. The highest BCUT2D eigenvalue weighted by molar-refractivity contribution is 6.30. The van der Waals surface area contributed by atoms with Gasteiger partial charge >= 0.3 is 0 Å². The van der Waals surface area contributed by atoms with Gasteiger partial charge in [0.1, 0.15) is 0 Å². The number of carbonyl (C=O) groups excluding carboxylic acids is 1. The number of hydrogen-bond acceptors (Lipinski definition) is 2. The summed E-state index contributed by atoms with van der Waals surface area (Å²) in [5.41, 5.74) is 1.04. The quantitative estimate of drug-likeness (QED) is 0.931. The zero-order valence-electron chi connectivity index (χ0n) is 12.7. The molecular formula is C17H23ClN2O. The summed E-state index contributed by atoms with van der Waals surface area (Å²) in [6, 6.07) is 7.75. The normalized spacial score (nSPS) is 26.2. The maximum Gasteiger partial charge on any atom is 0.230 e. The zero-order chi connectivity index (χ0) is 15.0. The van der Waals surface area contributed by atoms with Gasteiger partial charge in [-0.15, -0.1) is 0 Å². The maximum atomic E-state index is 13.0. The van der Waals surface area contributed by atoms with Gasteiger partial charge < -0.3 is 10.2 Å². The second-order valence-electron chi connectivity index (χ2n) is 6.70. The van der Waals surface area contributed by atoms with Gasteiger partial charge in [0.2, 0.25) is 5.91 Å². The molecule has 114 valence electrons. The molecule has 3 rings (SSSR count). The van der Waals surface area contributed by atoms with Gasteiger partial charge in [-0.25, -0.2) is 0 Å². The van der Waals surface area contributed by atoms with E-state index >= 15 is 0 Å². The molecule has 1 amide bonds. The van der Waals surface area contributed by atoms with Crippen molar-refractivity contribution >= 4 is 17.5 Å². The van der Waals surface area contributed by atoms with Gasteiger partial charge in [-0.1, -0.05) is 37.6 Å². The number of hydrogen-bond donors (Lipinski definition) is 1. The van der Waals surface area contributed by atoms with Crippen molar-refractivity contribution in [3.8, 4) is 0 Å². The van der Waals surface area contributed by atoms with Crippen LogP contribution in [0, 0.1) is 17.8 Å². The molecule has 0 aromatic heterocycles. The van der Waals surface area contributed by atoms with E-state index in [4.69, 9.17) is 11.6 Å². The number of amides is 1. The Hall–Kier alpha value is -1.06. The summed E-state index contributed by atoms with van der Waals surface area (Å²) >= 11 is 6.10. The molecule has 3 atom stereocenters. The average Bonchev–Trinajstić information content (AvgIpc) is 2.98. The fourth-order valence-electron chi connectivity index (χ4n) is 3.74. The van der Waals surface area contributed by atoms with Crippen LogP contribution in [0.1, 0.15) is 25.3 Å². The van der Waals surface area contributed by atoms with Crippen molar-refractivity contribution in [2.75, 3.05) is 26.2 Å². The summed E-state index contributed by atoms with van der Waals surface area (Å²) in [7, 11) is 0. The van der Waals surface area contributed by atoms with Crippen LogP contribution in [-0.4, -0.2) is 37.0 Å². The van der Waals surface area contributed by atoms with Crippen molar-refractivity contribution in [2.24, 2.45) is 17.8 Å². The van der Waals surface area contributed by atoms with Crippen LogP contribution in [0.4, 0.5) is 0 Å². The summed E-state index contributed by atoms with van der Waals surface area (Å²) in [4.78, 5) is 15.1. The minimum Gasteiger partial charge on any atom is -0.341 e. The van der Waals surface area contributed by atoms with E-state index < -0.39 is 0 Å². The summed E-state index contributed by atoms with van der Waals surface area (Å²) in [6.45, 7) is 8.14. The molecule has 4 heteroatoms. The Balaban J connectivity index is 1.80. The fourth-order valence-corrected chi connectivity index (χ4v) is 3.94. The van der Waals surface area contributed by atoms with Gasteiger partial charge in [-0.3, -0.25) is 4.79 Å². The van der Waals surface area contributed by atoms with E-state index in [1.165, 1.54) is 0 Å². The molecule has 1 aromatic rings. The predicted molar refractivity (Wildman–Crippen MR) is 85.5 cm³/mol. The lowest BCUT2D eigenvalue weighted by Gasteiger charge is -2.27.